The van der Waals surface area contributed by atoms with E-state index in [1.54, 1.807) is 19.4 Å². The highest BCUT2D eigenvalue weighted by atomic mass is 16.5. The van der Waals surface area contributed by atoms with Crippen LogP contribution in [0.1, 0.15) is 28.4 Å². The van der Waals surface area contributed by atoms with Gasteiger partial charge in [-0.1, -0.05) is 37.3 Å². The van der Waals surface area contributed by atoms with Gasteiger partial charge in [0.1, 0.15) is 11.6 Å². The van der Waals surface area contributed by atoms with Crippen molar-refractivity contribution in [3.8, 4) is 5.75 Å². The molecule has 0 fully saturated rings. The number of aryl methyl sites for hydroxylation is 1. The minimum Gasteiger partial charge on any atom is -0.496 e. The number of nitrogens with zero attached hydrogens (tertiary/aromatic N) is 1. The fourth-order valence-electron chi connectivity index (χ4n) is 2.90. The van der Waals surface area contributed by atoms with Crippen LogP contribution in [-0.4, -0.2) is 24.5 Å². The first-order valence-electron chi connectivity index (χ1n) is 9.41. The van der Waals surface area contributed by atoms with Crippen molar-refractivity contribution in [3.63, 3.8) is 0 Å². The quantitative estimate of drug-likeness (QED) is 0.614. The number of carbonyl (C=O) groups excluding carboxylic acids is 1. The number of nitrogens with one attached hydrogen (secondary N) is 2. The number of carbonyl (C=O) groups is 1. The molecule has 0 radical (unpaired) electrons. The standard InChI is InChI=1S/C23H25N3O2/c1-3-17-8-11-20(12-9-17)26-22-13-10-19(16-25-22)23(27)24-15-14-18-6-4-5-7-21(18)28-2/h4-13,16H,3,14-15H2,1-2H3,(H,24,27)(H,25,26). The molecule has 0 unspecified atom stereocenters. The van der Waals surface area contributed by atoms with Crippen LogP contribution in [0.15, 0.2) is 66.9 Å². The van der Waals surface area contributed by atoms with Crippen molar-refractivity contribution in [3.05, 3.63) is 83.6 Å². The van der Waals surface area contributed by atoms with Gasteiger partial charge in [0, 0.05) is 18.4 Å². The molecular formula is C23H25N3O2. The second kappa shape index (κ2) is 9.55. The zero-order valence-electron chi connectivity index (χ0n) is 16.2. The first-order valence-corrected chi connectivity index (χ1v) is 9.41. The van der Waals surface area contributed by atoms with E-state index in [1.807, 2.05) is 42.5 Å². The summed E-state index contributed by atoms with van der Waals surface area (Å²) in [6, 6.07) is 19.6. The number of aromatic nitrogens is 1. The Morgan fingerprint density at radius 1 is 1.04 bits per heavy atom. The summed E-state index contributed by atoms with van der Waals surface area (Å²) in [6.45, 7) is 2.66. The summed E-state index contributed by atoms with van der Waals surface area (Å²) < 4.78 is 5.33. The van der Waals surface area contributed by atoms with Crippen LogP contribution >= 0.6 is 0 Å². The monoisotopic (exact) mass is 375 g/mol. The predicted molar refractivity (Wildman–Crippen MR) is 112 cm³/mol. The lowest BCUT2D eigenvalue weighted by Gasteiger charge is -2.10. The maximum atomic E-state index is 12.3. The Balaban J connectivity index is 1.53. The normalized spacial score (nSPS) is 10.4. The van der Waals surface area contributed by atoms with Crippen LogP contribution in [0.25, 0.3) is 0 Å². The molecule has 1 heterocycles. The van der Waals surface area contributed by atoms with Crippen LogP contribution in [0.3, 0.4) is 0 Å². The molecule has 2 N–H and O–H groups in total. The molecule has 28 heavy (non-hydrogen) atoms. The van der Waals surface area contributed by atoms with Crippen molar-refractivity contribution < 1.29 is 9.53 Å². The molecule has 0 atom stereocenters. The number of benzene rings is 2. The average Bonchev–Trinajstić information content (AvgIpc) is 2.75. The van der Waals surface area contributed by atoms with Gasteiger partial charge in [0.15, 0.2) is 0 Å². The highest BCUT2D eigenvalue weighted by Crippen LogP contribution is 2.18. The largest absolute Gasteiger partial charge is 0.496 e. The van der Waals surface area contributed by atoms with Gasteiger partial charge < -0.3 is 15.4 Å². The van der Waals surface area contributed by atoms with Crippen molar-refractivity contribution in [1.29, 1.82) is 0 Å². The Hall–Kier alpha value is -3.34. The number of ether oxygens (including phenoxy) is 1. The van der Waals surface area contributed by atoms with Gasteiger partial charge in [0.25, 0.3) is 5.91 Å². The summed E-state index contributed by atoms with van der Waals surface area (Å²) in [5.41, 5.74) is 3.86. The first-order chi connectivity index (χ1) is 13.7. The van der Waals surface area contributed by atoms with Gasteiger partial charge in [-0.3, -0.25) is 4.79 Å². The smallest absolute Gasteiger partial charge is 0.252 e. The molecule has 5 heteroatoms. The van der Waals surface area contributed by atoms with Crippen LogP contribution in [0.2, 0.25) is 0 Å². The van der Waals surface area contributed by atoms with Crippen LogP contribution in [0.4, 0.5) is 11.5 Å². The summed E-state index contributed by atoms with van der Waals surface area (Å²) in [5.74, 6) is 1.40. The second-order valence-electron chi connectivity index (χ2n) is 6.43. The number of hydrogen-bond donors (Lipinski definition) is 2. The molecule has 0 saturated heterocycles. The number of pyridine rings is 1. The van der Waals surface area contributed by atoms with Crippen molar-refractivity contribution in [2.75, 3.05) is 19.0 Å². The Morgan fingerprint density at radius 2 is 1.82 bits per heavy atom. The number of hydrogen-bond acceptors (Lipinski definition) is 4. The van der Waals surface area contributed by atoms with Gasteiger partial charge in [-0.15, -0.1) is 0 Å². The van der Waals surface area contributed by atoms with Gasteiger partial charge in [-0.25, -0.2) is 4.98 Å². The lowest BCUT2D eigenvalue weighted by molar-refractivity contribution is 0.0953. The van der Waals surface area contributed by atoms with E-state index < -0.39 is 0 Å². The first kappa shape index (κ1) is 19.4. The van der Waals surface area contributed by atoms with Crippen molar-refractivity contribution in [1.82, 2.24) is 10.3 Å². The van der Waals surface area contributed by atoms with E-state index in [2.05, 4.69) is 34.7 Å². The molecule has 0 aliphatic rings. The molecule has 0 saturated carbocycles. The Kier molecular flexibility index (Phi) is 6.63. The van der Waals surface area contributed by atoms with Crippen LogP contribution in [-0.2, 0) is 12.8 Å². The van der Waals surface area contributed by atoms with Crippen LogP contribution < -0.4 is 15.4 Å². The van der Waals surface area contributed by atoms with E-state index in [1.165, 1.54) is 5.56 Å². The number of para-hydroxylation sites is 1. The number of anilines is 2. The van der Waals surface area contributed by atoms with Crippen LogP contribution in [0, 0.1) is 0 Å². The minimum absolute atomic E-state index is 0.138. The Bertz CT molecular complexity index is 906. The highest BCUT2D eigenvalue weighted by Gasteiger charge is 2.07. The SMILES string of the molecule is CCc1ccc(Nc2ccc(C(=O)NCCc3ccccc3OC)cn2)cc1. The van der Waals surface area contributed by atoms with E-state index in [9.17, 15) is 4.79 Å². The summed E-state index contributed by atoms with van der Waals surface area (Å²) in [7, 11) is 1.65. The van der Waals surface area contributed by atoms with E-state index in [-0.39, 0.29) is 5.91 Å². The topological polar surface area (TPSA) is 63.2 Å². The fraction of sp³-hybridized carbons (Fsp3) is 0.217. The van der Waals surface area contributed by atoms with Crippen molar-refractivity contribution >= 4 is 17.4 Å². The molecule has 0 bridgehead atoms. The van der Waals surface area contributed by atoms with E-state index in [0.29, 0.717) is 24.3 Å². The lowest BCUT2D eigenvalue weighted by Crippen LogP contribution is -2.25. The third-order valence-corrected chi connectivity index (χ3v) is 4.53. The number of rotatable bonds is 8. The number of amides is 1. The van der Waals surface area contributed by atoms with Crippen molar-refractivity contribution in [2.24, 2.45) is 0 Å². The molecule has 0 aliphatic carbocycles. The molecule has 3 rings (SSSR count). The Labute approximate surface area is 165 Å². The minimum atomic E-state index is -0.138. The van der Waals surface area contributed by atoms with E-state index >= 15 is 0 Å². The molecular weight excluding hydrogens is 350 g/mol. The summed E-state index contributed by atoms with van der Waals surface area (Å²) in [4.78, 5) is 16.7. The maximum absolute atomic E-state index is 12.3. The van der Waals surface area contributed by atoms with Gasteiger partial charge >= 0.3 is 0 Å². The van der Waals surface area contributed by atoms with Crippen LogP contribution in [0.5, 0.6) is 5.75 Å². The van der Waals surface area contributed by atoms with Crippen molar-refractivity contribution in [2.45, 2.75) is 19.8 Å². The summed E-state index contributed by atoms with van der Waals surface area (Å²) in [6.07, 6.45) is 3.30. The highest BCUT2D eigenvalue weighted by molar-refractivity contribution is 5.94. The second-order valence-corrected chi connectivity index (χ2v) is 6.43. The van der Waals surface area contributed by atoms with Gasteiger partial charge in [0.2, 0.25) is 0 Å². The lowest BCUT2D eigenvalue weighted by atomic mass is 10.1. The van der Waals surface area contributed by atoms with Gasteiger partial charge in [-0.2, -0.15) is 0 Å². The molecule has 3 aromatic rings. The summed E-state index contributed by atoms with van der Waals surface area (Å²) in [5, 5.41) is 6.17. The predicted octanol–water partition coefficient (Wildman–Crippen LogP) is 4.37. The molecule has 144 valence electrons. The maximum Gasteiger partial charge on any atom is 0.252 e. The third-order valence-electron chi connectivity index (χ3n) is 4.53. The fourth-order valence-corrected chi connectivity index (χ4v) is 2.90. The zero-order chi connectivity index (χ0) is 19.8. The third kappa shape index (κ3) is 5.10. The molecule has 5 nitrogen and oxygen atoms in total. The molecule has 1 aromatic heterocycles. The molecule has 0 aliphatic heterocycles. The van der Waals surface area contributed by atoms with E-state index in [0.717, 1.165) is 23.4 Å². The number of methoxy groups -OCH3 is 1. The van der Waals surface area contributed by atoms with Gasteiger partial charge in [0.05, 0.1) is 12.7 Å². The average molecular weight is 375 g/mol. The summed E-state index contributed by atoms with van der Waals surface area (Å²) >= 11 is 0. The molecule has 1 amide bonds. The van der Waals surface area contributed by atoms with Gasteiger partial charge in [-0.05, 0) is 54.3 Å². The Morgan fingerprint density at radius 3 is 2.50 bits per heavy atom. The molecule has 0 spiro atoms. The zero-order valence-corrected chi connectivity index (χ0v) is 16.2. The van der Waals surface area contributed by atoms with E-state index in [4.69, 9.17) is 4.74 Å². The molecule has 2 aromatic carbocycles.